The first-order valence-electron chi connectivity index (χ1n) is 6.96. The third-order valence-electron chi connectivity index (χ3n) is 3.26. The summed E-state index contributed by atoms with van der Waals surface area (Å²) < 4.78 is 4.49. The smallest absolute Gasteiger partial charge is 0.117 e. The molecule has 1 aromatic heterocycles. The molecule has 0 aliphatic heterocycles. The Labute approximate surface area is 114 Å². The Hall–Kier alpha value is -1.09. The normalized spacial score (nSPS) is 12.8. The van der Waals surface area contributed by atoms with Gasteiger partial charge in [-0.3, -0.25) is 0 Å². The molecule has 0 bridgehead atoms. The van der Waals surface area contributed by atoms with E-state index in [1.54, 1.807) is 11.5 Å². The lowest BCUT2D eigenvalue weighted by Gasteiger charge is -2.17. The molecular formula is C15H22N2S. The van der Waals surface area contributed by atoms with Gasteiger partial charge in [0, 0.05) is 11.4 Å². The zero-order valence-electron chi connectivity index (χ0n) is 11.3. The van der Waals surface area contributed by atoms with Gasteiger partial charge in [0.2, 0.25) is 0 Å². The third-order valence-corrected chi connectivity index (χ3v) is 4.07. The van der Waals surface area contributed by atoms with Gasteiger partial charge in [-0.2, -0.15) is 4.37 Å². The van der Waals surface area contributed by atoms with Gasteiger partial charge >= 0.3 is 0 Å². The van der Waals surface area contributed by atoms with Crippen LogP contribution in [0.2, 0.25) is 0 Å². The number of benzene rings is 1. The fraction of sp³-hybridized carbons (Fsp3) is 0.533. The Bertz CT molecular complexity index is 478. The quantitative estimate of drug-likeness (QED) is 0.753. The van der Waals surface area contributed by atoms with Gasteiger partial charge in [0.25, 0.3) is 0 Å². The van der Waals surface area contributed by atoms with Crippen molar-refractivity contribution < 1.29 is 0 Å². The maximum absolute atomic E-state index is 4.49. The van der Waals surface area contributed by atoms with Crippen molar-refractivity contribution in [1.29, 1.82) is 0 Å². The van der Waals surface area contributed by atoms with Gasteiger partial charge in [-0.15, -0.1) is 0 Å². The average Bonchev–Trinajstić information content (AvgIpc) is 2.80. The van der Waals surface area contributed by atoms with Gasteiger partial charge in [-0.25, -0.2) is 0 Å². The van der Waals surface area contributed by atoms with Crippen LogP contribution in [-0.2, 0) is 0 Å². The molecule has 1 N–H and O–H groups in total. The molecule has 98 valence electrons. The molecule has 0 spiro atoms. The summed E-state index contributed by atoms with van der Waals surface area (Å²) in [6, 6.07) is 8.97. The molecule has 3 heteroatoms. The van der Waals surface area contributed by atoms with Crippen LogP contribution in [0.4, 0.5) is 5.00 Å². The lowest BCUT2D eigenvalue weighted by atomic mass is 10.1. The van der Waals surface area contributed by atoms with Gasteiger partial charge in [0.1, 0.15) is 5.00 Å². The highest BCUT2D eigenvalue weighted by molar-refractivity contribution is 7.11. The van der Waals surface area contributed by atoms with Crippen molar-refractivity contribution in [3.8, 4) is 0 Å². The molecular weight excluding hydrogens is 240 g/mol. The number of hydrogen-bond donors (Lipinski definition) is 1. The van der Waals surface area contributed by atoms with E-state index in [1.807, 2.05) is 6.07 Å². The third kappa shape index (κ3) is 3.22. The lowest BCUT2D eigenvalue weighted by molar-refractivity contribution is 0.566. The molecule has 1 unspecified atom stereocenters. The van der Waals surface area contributed by atoms with Gasteiger partial charge in [-0.1, -0.05) is 45.2 Å². The summed E-state index contributed by atoms with van der Waals surface area (Å²) in [6.45, 7) is 4.51. The molecule has 1 atom stereocenters. The fourth-order valence-corrected chi connectivity index (χ4v) is 3.11. The van der Waals surface area contributed by atoms with Crippen LogP contribution in [0.25, 0.3) is 10.9 Å². The molecule has 0 aliphatic carbocycles. The summed E-state index contributed by atoms with van der Waals surface area (Å²) in [6.07, 6.45) is 6.31. The Morgan fingerprint density at radius 1 is 1.17 bits per heavy atom. The molecule has 2 aromatic rings. The van der Waals surface area contributed by atoms with E-state index in [0.29, 0.717) is 6.04 Å². The van der Waals surface area contributed by atoms with Crippen molar-refractivity contribution >= 4 is 27.4 Å². The van der Waals surface area contributed by atoms with E-state index >= 15 is 0 Å². The predicted octanol–water partition coefficient (Wildman–Crippen LogP) is 5.07. The molecule has 1 aromatic carbocycles. The summed E-state index contributed by atoms with van der Waals surface area (Å²) in [4.78, 5) is 0. The maximum atomic E-state index is 4.49. The van der Waals surface area contributed by atoms with Crippen molar-refractivity contribution in [3.63, 3.8) is 0 Å². The molecule has 2 nitrogen and oxygen atoms in total. The number of aromatic nitrogens is 1. The van der Waals surface area contributed by atoms with Crippen molar-refractivity contribution in [2.45, 2.75) is 52.0 Å². The van der Waals surface area contributed by atoms with Crippen LogP contribution in [-0.4, -0.2) is 10.4 Å². The average molecular weight is 262 g/mol. The number of fused-ring (bicyclic) bond motifs is 1. The van der Waals surface area contributed by atoms with Crippen LogP contribution in [0.1, 0.15) is 46.0 Å². The zero-order valence-corrected chi connectivity index (χ0v) is 12.1. The Balaban J connectivity index is 2.10. The highest BCUT2D eigenvalue weighted by Gasteiger charge is 2.11. The highest BCUT2D eigenvalue weighted by atomic mass is 32.1. The van der Waals surface area contributed by atoms with E-state index in [0.717, 1.165) is 5.52 Å². The second kappa shape index (κ2) is 6.74. The summed E-state index contributed by atoms with van der Waals surface area (Å²) in [5.74, 6) is 0. The van der Waals surface area contributed by atoms with Crippen molar-refractivity contribution in [1.82, 2.24) is 4.37 Å². The summed E-state index contributed by atoms with van der Waals surface area (Å²) in [5.41, 5.74) is 1.11. The van der Waals surface area contributed by atoms with Crippen molar-refractivity contribution in [2.24, 2.45) is 0 Å². The first-order valence-corrected chi connectivity index (χ1v) is 7.73. The Morgan fingerprint density at radius 2 is 2.00 bits per heavy atom. The van der Waals surface area contributed by atoms with Crippen LogP contribution >= 0.6 is 11.5 Å². The minimum absolute atomic E-state index is 0.596. The first-order chi connectivity index (χ1) is 8.85. The number of nitrogens with one attached hydrogen (secondary N) is 1. The Morgan fingerprint density at radius 3 is 2.78 bits per heavy atom. The second-order valence-electron chi connectivity index (χ2n) is 4.80. The van der Waals surface area contributed by atoms with E-state index in [2.05, 4.69) is 41.7 Å². The summed E-state index contributed by atoms with van der Waals surface area (Å²) >= 11 is 1.59. The van der Waals surface area contributed by atoms with Gasteiger partial charge in [0.05, 0.1) is 5.52 Å². The van der Waals surface area contributed by atoms with Crippen LogP contribution in [0, 0.1) is 0 Å². The molecule has 1 heterocycles. The fourth-order valence-electron chi connectivity index (χ4n) is 2.27. The molecule has 0 aliphatic rings. The van der Waals surface area contributed by atoms with Gasteiger partial charge in [-0.05, 0) is 36.5 Å². The Kier molecular flexibility index (Phi) is 5.00. The minimum atomic E-state index is 0.596. The SMILES string of the molecule is CCCCC(CCC)Nc1snc2ccccc12. The van der Waals surface area contributed by atoms with Crippen molar-refractivity contribution in [3.05, 3.63) is 24.3 Å². The first kappa shape index (κ1) is 13.3. The molecule has 0 radical (unpaired) electrons. The zero-order chi connectivity index (χ0) is 12.8. The number of hydrogen-bond acceptors (Lipinski definition) is 3. The standard InChI is InChI=1S/C15H22N2S/c1-3-5-9-12(8-4-2)16-15-13-10-6-7-11-14(13)17-18-15/h6-7,10-12,16H,3-5,8-9H2,1-2H3. The molecule has 0 saturated heterocycles. The van der Waals surface area contributed by atoms with E-state index in [-0.39, 0.29) is 0 Å². The highest BCUT2D eigenvalue weighted by Crippen LogP contribution is 2.29. The summed E-state index contributed by atoms with van der Waals surface area (Å²) in [7, 11) is 0. The molecule has 0 amide bonds. The molecule has 0 fully saturated rings. The largest absolute Gasteiger partial charge is 0.372 e. The van der Waals surface area contributed by atoms with Crippen molar-refractivity contribution in [2.75, 3.05) is 5.32 Å². The van der Waals surface area contributed by atoms with E-state index in [1.165, 1.54) is 42.5 Å². The van der Waals surface area contributed by atoms with E-state index < -0.39 is 0 Å². The van der Waals surface area contributed by atoms with Gasteiger partial charge in [0.15, 0.2) is 0 Å². The molecule has 0 saturated carbocycles. The number of unbranched alkanes of at least 4 members (excludes halogenated alkanes) is 1. The number of anilines is 1. The van der Waals surface area contributed by atoms with E-state index in [4.69, 9.17) is 0 Å². The lowest BCUT2D eigenvalue weighted by Crippen LogP contribution is -2.18. The van der Waals surface area contributed by atoms with Crippen LogP contribution < -0.4 is 5.32 Å². The molecule has 2 rings (SSSR count). The molecule has 18 heavy (non-hydrogen) atoms. The van der Waals surface area contributed by atoms with E-state index in [9.17, 15) is 0 Å². The van der Waals surface area contributed by atoms with Crippen LogP contribution in [0.3, 0.4) is 0 Å². The summed E-state index contributed by atoms with van der Waals surface area (Å²) in [5, 5.41) is 6.19. The van der Waals surface area contributed by atoms with Crippen LogP contribution in [0.15, 0.2) is 24.3 Å². The maximum Gasteiger partial charge on any atom is 0.117 e. The van der Waals surface area contributed by atoms with Crippen LogP contribution in [0.5, 0.6) is 0 Å². The number of rotatable bonds is 7. The second-order valence-corrected chi connectivity index (χ2v) is 5.57. The monoisotopic (exact) mass is 262 g/mol. The minimum Gasteiger partial charge on any atom is -0.372 e. The predicted molar refractivity (Wildman–Crippen MR) is 81.5 cm³/mol. The number of nitrogens with zero attached hydrogens (tertiary/aromatic N) is 1. The topological polar surface area (TPSA) is 24.9 Å². The van der Waals surface area contributed by atoms with Gasteiger partial charge < -0.3 is 5.32 Å².